The Bertz CT molecular complexity index is 385. The van der Waals surface area contributed by atoms with Gasteiger partial charge in [-0.25, -0.2) is 13.8 Å². The van der Waals surface area contributed by atoms with Gasteiger partial charge in [0.15, 0.2) is 0 Å². The lowest BCUT2D eigenvalue weighted by atomic mass is 10.1. The Morgan fingerprint density at radius 1 is 1.64 bits per heavy atom. The van der Waals surface area contributed by atoms with Gasteiger partial charge in [0, 0.05) is 0 Å². The third kappa shape index (κ3) is 1.86. The van der Waals surface area contributed by atoms with E-state index in [1.54, 1.807) is 13.0 Å². The van der Waals surface area contributed by atoms with Crippen molar-refractivity contribution in [3.63, 3.8) is 0 Å². The molecule has 1 N–H and O–H groups in total. The lowest BCUT2D eigenvalue weighted by molar-refractivity contribution is 0.145. The van der Waals surface area contributed by atoms with E-state index in [0.29, 0.717) is 11.1 Å². The van der Waals surface area contributed by atoms with Crippen molar-refractivity contribution in [2.24, 2.45) is 0 Å². The summed E-state index contributed by atoms with van der Waals surface area (Å²) in [5, 5.41) is 17.5. The fourth-order valence-corrected chi connectivity index (χ4v) is 1.07. The molecule has 5 heteroatoms. The molecule has 0 aliphatic carbocycles. The first kappa shape index (κ1) is 10.5. The van der Waals surface area contributed by atoms with Crippen LogP contribution in [0, 0.1) is 18.3 Å². The number of halogens is 2. The lowest BCUT2D eigenvalue weighted by Crippen LogP contribution is -2.01. The summed E-state index contributed by atoms with van der Waals surface area (Å²) in [6, 6.07) is 2.82. The minimum atomic E-state index is -2.73. The number of aromatic nitrogens is 1. The van der Waals surface area contributed by atoms with Crippen LogP contribution in [0.25, 0.3) is 0 Å². The summed E-state index contributed by atoms with van der Waals surface area (Å²) in [6.45, 7) is 1.19. The van der Waals surface area contributed by atoms with Crippen molar-refractivity contribution in [1.82, 2.24) is 4.98 Å². The van der Waals surface area contributed by atoms with Gasteiger partial charge in [0.1, 0.15) is 17.5 Å². The monoisotopic (exact) mass is 198 g/mol. The van der Waals surface area contributed by atoms with Crippen molar-refractivity contribution in [1.29, 1.82) is 5.26 Å². The van der Waals surface area contributed by atoms with Crippen LogP contribution >= 0.6 is 0 Å². The van der Waals surface area contributed by atoms with E-state index in [-0.39, 0.29) is 12.3 Å². The lowest BCUT2D eigenvalue weighted by Gasteiger charge is -2.06. The number of nitrogens with zero attached hydrogens (tertiary/aromatic N) is 2. The van der Waals surface area contributed by atoms with E-state index in [9.17, 15) is 8.78 Å². The molecule has 0 amide bonds. The van der Waals surface area contributed by atoms with Gasteiger partial charge in [-0.2, -0.15) is 5.26 Å². The topological polar surface area (TPSA) is 56.9 Å². The van der Waals surface area contributed by atoms with Crippen molar-refractivity contribution in [2.45, 2.75) is 20.0 Å². The molecule has 0 radical (unpaired) electrons. The zero-order valence-electron chi connectivity index (χ0n) is 7.46. The molecule has 0 spiro atoms. The molecule has 3 nitrogen and oxygen atoms in total. The minimum absolute atomic E-state index is 0.0631. The summed E-state index contributed by atoms with van der Waals surface area (Å²) < 4.78 is 24.6. The summed E-state index contributed by atoms with van der Waals surface area (Å²) >= 11 is 0. The zero-order valence-corrected chi connectivity index (χ0v) is 7.46. The van der Waals surface area contributed by atoms with E-state index in [0.717, 1.165) is 6.07 Å². The van der Waals surface area contributed by atoms with Crippen molar-refractivity contribution in [3.05, 3.63) is 28.6 Å². The zero-order chi connectivity index (χ0) is 10.7. The summed E-state index contributed by atoms with van der Waals surface area (Å²) in [4.78, 5) is 3.48. The number of alkyl halides is 2. The Morgan fingerprint density at radius 2 is 2.29 bits per heavy atom. The second-order valence-corrected chi connectivity index (χ2v) is 2.75. The first-order chi connectivity index (χ1) is 6.60. The number of aliphatic hydroxyl groups is 1. The normalized spacial score (nSPS) is 10.3. The first-order valence-corrected chi connectivity index (χ1v) is 3.89. The molecule has 0 fully saturated rings. The average molecular weight is 198 g/mol. The highest BCUT2D eigenvalue weighted by Crippen LogP contribution is 2.21. The molecule has 1 aromatic heterocycles. The highest BCUT2D eigenvalue weighted by molar-refractivity contribution is 5.38. The molecule has 1 rings (SSSR count). The van der Waals surface area contributed by atoms with Gasteiger partial charge in [0.05, 0.1) is 6.61 Å². The fourth-order valence-electron chi connectivity index (χ4n) is 1.07. The van der Waals surface area contributed by atoms with Crippen molar-refractivity contribution < 1.29 is 13.9 Å². The maximum atomic E-state index is 12.3. The highest BCUT2D eigenvalue weighted by atomic mass is 19.3. The molecule has 74 valence electrons. The van der Waals surface area contributed by atoms with Crippen molar-refractivity contribution in [2.75, 3.05) is 0 Å². The Labute approximate surface area is 79.6 Å². The van der Waals surface area contributed by atoms with Crippen LogP contribution in [0.3, 0.4) is 0 Å². The van der Waals surface area contributed by atoms with Crippen LogP contribution in [-0.2, 0) is 6.61 Å². The van der Waals surface area contributed by atoms with Gasteiger partial charge in [0.2, 0.25) is 0 Å². The molecular formula is C9H8F2N2O. The number of pyridine rings is 1. The van der Waals surface area contributed by atoms with Crippen LogP contribution in [-0.4, -0.2) is 10.1 Å². The maximum absolute atomic E-state index is 12.3. The van der Waals surface area contributed by atoms with Gasteiger partial charge in [-0.3, -0.25) is 0 Å². The molecule has 14 heavy (non-hydrogen) atoms. The standard InChI is InChI=1S/C9H8F2N2O/c1-5-6(4-14)2-7(9(10)11)13-8(5)3-12/h2,9,14H,4H2,1H3. The average Bonchev–Trinajstić information content (AvgIpc) is 2.17. The maximum Gasteiger partial charge on any atom is 0.280 e. The van der Waals surface area contributed by atoms with Gasteiger partial charge < -0.3 is 5.11 Å². The first-order valence-electron chi connectivity index (χ1n) is 3.89. The third-order valence-electron chi connectivity index (χ3n) is 1.90. The molecule has 0 bridgehead atoms. The largest absolute Gasteiger partial charge is 0.392 e. The smallest absolute Gasteiger partial charge is 0.280 e. The summed E-state index contributed by atoms with van der Waals surface area (Å²) in [7, 11) is 0. The SMILES string of the molecule is Cc1c(CO)cc(C(F)F)nc1C#N. The van der Waals surface area contributed by atoms with E-state index in [1.807, 2.05) is 0 Å². The summed E-state index contributed by atoms with van der Waals surface area (Å²) in [6.07, 6.45) is -2.73. The van der Waals surface area contributed by atoms with E-state index in [4.69, 9.17) is 10.4 Å². The predicted molar refractivity (Wildman–Crippen MR) is 44.6 cm³/mol. The molecule has 0 atom stereocenters. The van der Waals surface area contributed by atoms with E-state index >= 15 is 0 Å². The Hall–Kier alpha value is -1.54. The number of rotatable bonds is 2. The second-order valence-electron chi connectivity index (χ2n) is 2.75. The summed E-state index contributed by atoms with van der Waals surface area (Å²) in [5.41, 5.74) is 0.217. The Kier molecular flexibility index (Phi) is 3.10. The van der Waals surface area contributed by atoms with Crippen molar-refractivity contribution in [3.8, 4) is 6.07 Å². The van der Waals surface area contributed by atoms with E-state index in [1.165, 1.54) is 0 Å². The predicted octanol–water partition coefficient (Wildman–Crippen LogP) is 1.69. The molecule has 0 saturated carbocycles. The number of hydrogen-bond acceptors (Lipinski definition) is 3. The Morgan fingerprint density at radius 3 is 2.71 bits per heavy atom. The molecule has 0 aliphatic rings. The quantitative estimate of drug-likeness (QED) is 0.786. The highest BCUT2D eigenvalue weighted by Gasteiger charge is 2.14. The van der Waals surface area contributed by atoms with Crippen LogP contribution < -0.4 is 0 Å². The molecule has 0 unspecified atom stereocenters. The van der Waals surface area contributed by atoms with Gasteiger partial charge in [-0.05, 0) is 24.1 Å². The van der Waals surface area contributed by atoms with Crippen LogP contribution in [0.1, 0.15) is 28.9 Å². The molecule has 0 aliphatic heterocycles. The second kappa shape index (κ2) is 4.11. The van der Waals surface area contributed by atoms with E-state index in [2.05, 4.69) is 4.98 Å². The molecule has 0 saturated heterocycles. The van der Waals surface area contributed by atoms with E-state index < -0.39 is 12.1 Å². The van der Waals surface area contributed by atoms with Crippen LogP contribution in [0.5, 0.6) is 0 Å². The van der Waals surface area contributed by atoms with Gasteiger partial charge in [-0.1, -0.05) is 0 Å². The van der Waals surface area contributed by atoms with Crippen LogP contribution in [0.4, 0.5) is 8.78 Å². The third-order valence-corrected chi connectivity index (χ3v) is 1.90. The summed E-state index contributed by atoms with van der Waals surface area (Å²) in [5.74, 6) is 0. The fraction of sp³-hybridized carbons (Fsp3) is 0.333. The molecular weight excluding hydrogens is 190 g/mol. The van der Waals surface area contributed by atoms with Crippen LogP contribution in [0.2, 0.25) is 0 Å². The van der Waals surface area contributed by atoms with Crippen LogP contribution in [0.15, 0.2) is 6.07 Å². The molecule has 1 aromatic rings. The number of nitriles is 1. The van der Waals surface area contributed by atoms with Gasteiger partial charge in [-0.15, -0.1) is 0 Å². The number of aliphatic hydroxyl groups excluding tert-OH is 1. The number of hydrogen-bond donors (Lipinski definition) is 1. The van der Waals surface area contributed by atoms with Gasteiger partial charge in [0.25, 0.3) is 6.43 Å². The molecule has 0 aromatic carbocycles. The minimum Gasteiger partial charge on any atom is -0.392 e. The molecule has 1 heterocycles. The van der Waals surface area contributed by atoms with Crippen molar-refractivity contribution >= 4 is 0 Å². The van der Waals surface area contributed by atoms with Gasteiger partial charge >= 0.3 is 0 Å². The Balaban J connectivity index is 3.34.